The fourth-order valence-electron chi connectivity index (χ4n) is 5.95. The Morgan fingerprint density at radius 2 is 1.74 bits per heavy atom. The minimum Gasteiger partial charge on any atom is -0.482 e. The highest BCUT2D eigenvalue weighted by molar-refractivity contribution is 5.71. The number of hydrogen-bond acceptors (Lipinski definition) is 7. The van der Waals surface area contributed by atoms with Crippen molar-refractivity contribution >= 4 is 5.97 Å². The topological polar surface area (TPSA) is 99.4 Å². The Hall–Kier alpha value is -3.54. The van der Waals surface area contributed by atoms with Crippen molar-refractivity contribution in [1.82, 2.24) is 20.2 Å². The van der Waals surface area contributed by atoms with Crippen molar-refractivity contribution in [2.24, 2.45) is 5.41 Å². The summed E-state index contributed by atoms with van der Waals surface area (Å²) in [5.74, 6) is -6.12. The van der Waals surface area contributed by atoms with Gasteiger partial charge in [-0.1, -0.05) is 12.1 Å². The normalized spacial score (nSPS) is 23.8. The summed E-state index contributed by atoms with van der Waals surface area (Å²) in [6.07, 6.45) is 1.22. The largest absolute Gasteiger partial charge is 0.482 e. The van der Waals surface area contributed by atoms with Crippen LogP contribution in [0, 0.1) is 17.0 Å². The molecule has 208 valence electrons. The van der Waals surface area contributed by atoms with E-state index >= 15 is 8.78 Å². The quantitative estimate of drug-likeness (QED) is 0.314. The molecule has 1 aromatic heterocycles. The smallest absolute Gasteiger partial charge is 0.344 e. The van der Waals surface area contributed by atoms with Gasteiger partial charge >= 0.3 is 5.97 Å². The zero-order chi connectivity index (χ0) is 28.3. The molecule has 0 spiro atoms. The molecular weight excluding hydrogens is 520 g/mol. The minimum atomic E-state index is -3.80. The number of ether oxygens (including phenoxy) is 2. The number of tetrazole rings is 1. The maximum Gasteiger partial charge on any atom is 0.344 e. The molecule has 1 heterocycles. The lowest BCUT2D eigenvalue weighted by Crippen LogP contribution is -2.76. The molecule has 1 N–H and O–H groups in total. The van der Waals surface area contributed by atoms with E-state index in [4.69, 9.17) is 9.47 Å². The Kier molecular flexibility index (Phi) is 6.24. The van der Waals surface area contributed by atoms with Crippen LogP contribution in [0.3, 0.4) is 0 Å². The number of hydrogen-bond donors (Lipinski definition) is 1. The van der Waals surface area contributed by atoms with Gasteiger partial charge in [0.2, 0.25) is 0 Å². The number of halogens is 4. The minimum absolute atomic E-state index is 0.0614. The first-order chi connectivity index (χ1) is 18.2. The Morgan fingerprint density at radius 1 is 1.08 bits per heavy atom. The Balaban J connectivity index is 1.32. The number of carbonyl (C=O) groups is 1. The van der Waals surface area contributed by atoms with Crippen LogP contribution in [-0.4, -0.2) is 49.4 Å². The standard InChI is InChI=1S/C27H28F4N4O4/c1-23(2,3)39-22(36)11-38-19-7-4-17(5-8-19)24-12-25(13-24,14-24)27(30,31)26(37,15-35-16-32-33-34-35)20-9-6-18(28)10-21(20)29/h4-10,16,37H,11-15H2,1-3H3. The average Bonchev–Trinajstić information content (AvgIpc) is 3.28. The van der Waals surface area contributed by atoms with E-state index in [2.05, 4.69) is 15.5 Å². The Morgan fingerprint density at radius 3 is 2.31 bits per heavy atom. The van der Waals surface area contributed by atoms with E-state index in [0.29, 0.717) is 11.8 Å². The number of rotatable bonds is 9. The van der Waals surface area contributed by atoms with Crippen LogP contribution in [0.25, 0.3) is 0 Å². The number of carbonyl (C=O) groups excluding carboxylic acids is 1. The molecular formula is C27H28F4N4O4. The summed E-state index contributed by atoms with van der Waals surface area (Å²) in [5, 5.41) is 21.8. The number of benzene rings is 2. The van der Waals surface area contributed by atoms with Crippen molar-refractivity contribution < 1.29 is 36.9 Å². The molecule has 1 atom stereocenters. The summed E-state index contributed by atoms with van der Waals surface area (Å²) in [7, 11) is 0. The van der Waals surface area contributed by atoms with Crippen molar-refractivity contribution in [3.05, 3.63) is 71.6 Å². The SMILES string of the molecule is CC(C)(C)OC(=O)COc1ccc(C23CC(C(F)(F)C(O)(Cn4cnnn4)c4ccc(F)cc4F)(C2)C3)cc1. The Labute approximate surface area is 221 Å². The summed E-state index contributed by atoms with van der Waals surface area (Å²) in [6.45, 7) is 4.17. The van der Waals surface area contributed by atoms with Gasteiger partial charge in [-0.2, -0.15) is 0 Å². The molecule has 0 saturated heterocycles. The third-order valence-electron chi connectivity index (χ3n) is 7.62. The van der Waals surface area contributed by atoms with Gasteiger partial charge in [0, 0.05) is 17.0 Å². The van der Waals surface area contributed by atoms with Gasteiger partial charge in [-0.15, -0.1) is 5.10 Å². The number of aromatic nitrogens is 4. The highest BCUT2D eigenvalue weighted by Gasteiger charge is 2.82. The van der Waals surface area contributed by atoms with Crippen LogP contribution < -0.4 is 4.74 Å². The highest BCUT2D eigenvalue weighted by Crippen LogP contribution is 2.80. The van der Waals surface area contributed by atoms with Crippen LogP contribution in [0.5, 0.6) is 5.75 Å². The summed E-state index contributed by atoms with van der Waals surface area (Å²) in [5.41, 5.74) is -5.69. The molecule has 0 radical (unpaired) electrons. The van der Waals surface area contributed by atoms with Gasteiger partial charge in [0.15, 0.2) is 12.2 Å². The Bertz CT molecular complexity index is 1360. The van der Waals surface area contributed by atoms with Crippen LogP contribution in [0.2, 0.25) is 0 Å². The molecule has 3 aliphatic rings. The molecule has 39 heavy (non-hydrogen) atoms. The summed E-state index contributed by atoms with van der Waals surface area (Å²) in [4.78, 5) is 11.9. The van der Waals surface area contributed by atoms with Crippen LogP contribution in [0.1, 0.15) is 51.2 Å². The molecule has 3 saturated carbocycles. The molecule has 3 aromatic rings. The van der Waals surface area contributed by atoms with E-state index in [1.807, 2.05) is 0 Å². The van der Waals surface area contributed by atoms with Gasteiger partial charge in [-0.05, 0) is 85.7 Å². The van der Waals surface area contributed by atoms with Gasteiger partial charge in [-0.25, -0.2) is 27.0 Å². The van der Waals surface area contributed by atoms with Crippen molar-refractivity contribution in [1.29, 1.82) is 0 Å². The molecule has 0 amide bonds. The molecule has 6 rings (SSSR count). The fraction of sp³-hybridized carbons (Fsp3) is 0.481. The third-order valence-corrected chi connectivity index (χ3v) is 7.62. The van der Waals surface area contributed by atoms with Crippen molar-refractivity contribution in [3.8, 4) is 5.75 Å². The first kappa shape index (κ1) is 27.0. The van der Waals surface area contributed by atoms with Crippen LogP contribution in [0.4, 0.5) is 17.6 Å². The summed E-state index contributed by atoms with van der Waals surface area (Å²) in [6, 6.07) is 8.97. The number of nitrogens with zero attached hydrogens (tertiary/aromatic N) is 4. The highest BCUT2D eigenvalue weighted by atomic mass is 19.3. The van der Waals surface area contributed by atoms with Gasteiger partial charge in [-0.3, -0.25) is 0 Å². The van der Waals surface area contributed by atoms with E-state index in [-0.39, 0.29) is 25.9 Å². The average molecular weight is 549 g/mol. The van der Waals surface area contributed by atoms with Crippen LogP contribution >= 0.6 is 0 Å². The zero-order valence-corrected chi connectivity index (χ0v) is 21.6. The molecule has 1 unspecified atom stereocenters. The summed E-state index contributed by atoms with van der Waals surface area (Å²) >= 11 is 0. The predicted molar refractivity (Wildman–Crippen MR) is 129 cm³/mol. The van der Waals surface area contributed by atoms with Crippen LogP contribution in [-0.2, 0) is 27.1 Å². The lowest BCUT2D eigenvalue weighted by atomic mass is 9.30. The molecule has 8 nitrogen and oxygen atoms in total. The van der Waals surface area contributed by atoms with E-state index in [1.165, 1.54) is 0 Å². The lowest BCUT2D eigenvalue weighted by Gasteiger charge is -2.74. The number of aliphatic hydroxyl groups is 1. The fourth-order valence-corrected chi connectivity index (χ4v) is 5.95. The lowest BCUT2D eigenvalue weighted by molar-refractivity contribution is -0.347. The maximum atomic E-state index is 16.3. The summed E-state index contributed by atoms with van der Waals surface area (Å²) < 4.78 is 72.5. The second-order valence-corrected chi connectivity index (χ2v) is 11.6. The van der Waals surface area contributed by atoms with Gasteiger partial charge in [0.1, 0.15) is 29.3 Å². The van der Waals surface area contributed by atoms with Crippen LogP contribution in [0.15, 0.2) is 48.8 Å². The molecule has 2 bridgehead atoms. The third kappa shape index (κ3) is 4.54. The van der Waals surface area contributed by atoms with Crippen molar-refractivity contribution in [2.45, 2.75) is 69.1 Å². The number of alkyl halides is 2. The second-order valence-electron chi connectivity index (χ2n) is 11.6. The van der Waals surface area contributed by atoms with E-state index in [0.717, 1.165) is 28.7 Å². The molecule has 12 heteroatoms. The second kappa shape index (κ2) is 9.00. The van der Waals surface area contributed by atoms with E-state index in [1.54, 1.807) is 45.0 Å². The van der Waals surface area contributed by atoms with E-state index in [9.17, 15) is 18.7 Å². The van der Waals surface area contributed by atoms with Gasteiger partial charge < -0.3 is 14.6 Å². The van der Waals surface area contributed by atoms with Crippen molar-refractivity contribution in [3.63, 3.8) is 0 Å². The predicted octanol–water partition coefficient (Wildman–Crippen LogP) is 4.32. The molecule has 2 aromatic carbocycles. The molecule has 3 aliphatic carbocycles. The van der Waals surface area contributed by atoms with Gasteiger partial charge in [0.25, 0.3) is 5.92 Å². The first-order valence-corrected chi connectivity index (χ1v) is 12.4. The number of esters is 1. The zero-order valence-electron chi connectivity index (χ0n) is 21.6. The van der Waals surface area contributed by atoms with E-state index < -0.39 is 57.7 Å². The monoisotopic (exact) mass is 548 g/mol. The maximum absolute atomic E-state index is 16.3. The van der Waals surface area contributed by atoms with Crippen molar-refractivity contribution in [2.75, 3.05) is 6.61 Å². The van der Waals surface area contributed by atoms with Gasteiger partial charge in [0.05, 0.1) is 6.54 Å². The molecule has 0 aliphatic heterocycles. The molecule has 3 fully saturated rings. The first-order valence-electron chi connectivity index (χ1n) is 12.4.